The number of aromatic nitrogens is 3. The van der Waals surface area contributed by atoms with Crippen molar-refractivity contribution in [3.05, 3.63) is 65.5 Å². The smallest absolute Gasteiger partial charge is 0.191 e. The number of Topliss-reactive ketones (excluding diaryl/α,β-unsaturated/α-hetero) is 1. The summed E-state index contributed by atoms with van der Waals surface area (Å²) in [4.78, 5) is 12.8. The quantitative estimate of drug-likeness (QED) is 0.335. The highest BCUT2D eigenvalue weighted by Crippen LogP contribution is 2.27. The van der Waals surface area contributed by atoms with Crippen LogP contribution in [-0.4, -0.2) is 32.9 Å². The number of nitrogens with zero attached hydrogens (tertiary/aromatic N) is 3. The molecule has 0 N–H and O–H groups in total. The first kappa shape index (κ1) is 21.4. The molecule has 4 rings (SSSR count). The molecule has 0 amide bonds. The maximum atomic E-state index is 12.8. The second-order valence-electron chi connectivity index (χ2n) is 7.97. The van der Waals surface area contributed by atoms with Crippen molar-refractivity contribution >= 4 is 17.5 Å². The predicted molar refractivity (Wildman–Crippen MR) is 121 cm³/mol. The van der Waals surface area contributed by atoms with Crippen LogP contribution in [0.2, 0.25) is 0 Å². The largest absolute Gasteiger partial charge is 0.493 e. The Hall–Kier alpha value is -2.80. The summed E-state index contributed by atoms with van der Waals surface area (Å²) >= 11 is 1.43. The molecule has 2 aromatic carbocycles. The number of ether oxygens (including phenoxy) is 2. The van der Waals surface area contributed by atoms with E-state index in [0.29, 0.717) is 24.9 Å². The molecule has 0 saturated carbocycles. The van der Waals surface area contributed by atoms with Crippen LogP contribution in [0.4, 0.5) is 0 Å². The molecule has 1 aliphatic heterocycles. The zero-order valence-corrected chi connectivity index (χ0v) is 18.7. The third-order valence-corrected chi connectivity index (χ3v) is 6.15. The van der Waals surface area contributed by atoms with Gasteiger partial charge in [0, 0.05) is 18.5 Å². The second-order valence-corrected chi connectivity index (χ2v) is 8.91. The zero-order valence-electron chi connectivity index (χ0n) is 17.9. The standard InChI is InChI=1S/C24H27N3O3S/c1-17(2)10-12-27-23(15-30-20-6-4-3-5-7-20)25-26-24(27)31-16-21(28)18-8-9-22-19(14-18)11-13-29-22/h3-9,14,17H,10-13,15-16H2,1-2H3. The van der Waals surface area contributed by atoms with E-state index in [1.807, 2.05) is 48.5 Å². The first-order valence-corrected chi connectivity index (χ1v) is 11.6. The number of thioether (sulfide) groups is 1. The van der Waals surface area contributed by atoms with Gasteiger partial charge in [-0.1, -0.05) is 43.8 Å². The van der Waals surface area contributed by atoms with E-state index in [1.54, 1.807) is 0 Å². The summed E-state index contributed by atoms with van der Waals surface area (Å²) in [7, 11) is 0. The number of benzene rings is 2. The van der Waals surface area contributed by atoms with Crippen LogP contribution in [0.25, 0.3) is 0 Å². The molecule has 6 nitrogen and oxygen atoms in total. The van der Waals surface area contributed by atoms with Crippen LogP contribution in [0.15, 0.2) is 53.7 Å². The van der Waals surface area contributed by atoms with Gasteiger partial charge in [0.1, 0.15) is 18.1 Å². The van der Waals surface area contributed by atoms with Gasteiger partial charge in [-0.2, -0.15) is 0 Å². The fraction of sp³-hybridized carbons (Fsp3) is 0.375. The number of carbonyl (C=O) groups is 1. The molecule has 0 fully saturated rings. The van der Waals surface area contributed by atoms with Gasteiger partial charge in [0.2, 0.25) is 0 Å². The van der Waals surface area contributed by atoms with E-state index in [-0.39, 0.29) is 5.78 Å². The minimum atomic E-state index is 0.0835. The molecule has 1 aliphatic rings. The van der Waals surface area contributed by atoms with Gasteiger partial charge in [0.05, 0.1) is 12.4 Å². The van der Waals surface area contributed by atoms with Crippen molar-refractivity contribution in [2.75, 3.05) is 12.4 Å². The van der Waals surface area contributed by atoms with E-state index in [0.717, 1.165) is 53.0 Å². The highest BCUT2D eigenvalue weighted by Gasteiger charge is 2.18. The van der Waals surface area contributed by atoms with Crippen molar-refractivity contribution in [3.63, 3.8) is 0 Å². The molecular weight excluding hydrogens is 410 g/mol. The molecule has 0 spiro atoms. The fourth-order valence-electron chi connectivity index (χ4n) is 3.38. The number of ketones is 1. The third-order valence-electron chi connectivity index (χ3n) is 5.18. The van der Waals surface area contributed by atoms with Crippen molar-refractivity contribution < 1.29 is 14.3 Å². The van der Waals surface area contributed by atoms with Crippen molar-refractivity contribution in [1.29, 1.82) is 0 Å². The number of fused-ring (bicyclic) bond motifs is 1. The Morgan fingerprint density at radius 2 is 2.03 bits per heavy atom. The monoisotopic (exact) mass is 437 g/mol. The molecule has 0 radical (unpaired) electrons. The molecule has 0 aliphatic carbocycles. The fourth-order valence-corrected chi connectivity index (χ4v) is 4.26. The van der Waals surface area contributed by atoms with Gasteiger partial charge in [-0.05, 0) is 48.2 Å². The topological polar surface area (TPSA) is 66.2 Å². The van der Waals surface area contributed by atoms with Crippen LogP contribution in [0.1, 0.15) is 42.0 Å². The van der Waals surface area contributed by atoms with E-state index in [2.05, 4.69) is 28.6 Å². The van der Waals surface area contributed by atoms with Crippen molar-refractivity contribution in [2.45, 2.75) is 45.0 Å². The van der Waals surface area contributed by atoms with Gasteiger partial charge in [0.15, 0.2) is 16.8 Å². The minimum absolute atomic E-state index is 0.0835. The maximum absolute atomic E-state index is 12.8. The average molecular weight is 438 g/mol. The van der Waals surface area contributed by atoms with Crippen LogP contribution < -0.4 is 9.47 Å². The highest BCUT2D eigenvalue weighted by molar-refractivity contribution is 7.99. The molecule has 0 bridgehead atoms. The molecule has 2 heterocycles. The van der Waals surface area contributed by atoms with Gasteiger partial charge in [0.25, 0.3) is 0 Å². The van der Waals surface area contributed by atoms with Crippen LogP contribution in [0.3, 0.4) is 0 Å². The number of rotatable bonds is 10. The zero-order chi connectivity index (χ0) is 21.6. The van der Waals surface area contributed by atoms with E-state index in [9.17, 15) is 4.79 Å². The van der Waals surface area contributed by atoms with E-state index in [4.69, 9.17) is 9.47 Å². The van der Waals surface area contributed by atoms with Crippen LogP contribution >= 0.6 is 11.8 Å². The Bertz CT molecular complexity index is 1030. The Morgan fingerprint density at radius 3 is 2.84 bits per heavy atom. The molecule has 3 aromatic rings. The average Bonchev–Trinajstić information content (AvgIpc) is 3.41. The van der Waals surface area contributed by atoms with Crippen molar-refractivity contribution in [3.8, 4) is 11.5 Å². The number of hydrogen-bond acceptors (Lipinski definition) is 6. The lowest BCUT2D eigenvalue weighted by Crippen LogP contribution is -2.11. The lowest BCUT2D eigenvalue weighted by molar-refractivity contribution is 0.102. The Labute approximate surface area is 187 Å². The molecule has 0 atom stereocenters. The molecule has 7 heteroatoms. The summed E-state index contributed by atoms with van der Waals surface area (Å²) in [5, 5.41) is 9.45. The maximum Gasteiger partial charge on any atom is 0.191 e. The van der Waals surface area contributed by atoms with Crippen LogP contribution in [-0.2, 0) is 19.6 Å². The van der Waals surface area contributed by atoms with Gasteiger partial charge in [-0.15, -0.1) is 10.2 Å². The van der Waals surface area contributed by atoms with Crippen molar-refractivity contribution in [1.82, 2.24) is 14.8 Å². The number of carbonyl (C=O) groups excluding carboxylic acids is 1. The normalized spacial score (nSPS) is 12.6. The van der Waals surface area contributed by atoms with E-state index >= 15 is 0 Å². The highest BCUT2D eigenvalue weighted by atomic mass is 32.2. The summed E-state index contributed by atoms with van der Waals surface area (Å²) in [6.45, 7) is 6.21. The molecule has 0 saturated heterocycles. The lowest BCUT2D eigenvalue weighted by Gasteiger charge is -2.12. The first-order chi connectivity index (χ1) is 15.1. The minimum Gasteiger partial charge on any atom is -0.493 e. The molecule has 31 heavy (non-hydrogen) atoms. The van der Waals surface area contributed by atoms with Gasteiger partial charge < -0.3 is 14.0 Å². The van der Waals surface area contributed by atoms with E-state index in [1.165, 1.54) is 11.8 Å². The van der Waals surface area contributed by atoms with E-state index < -0.39 is 0 Å². The first-order valence-electron chi connectivity index (χ1n) is 10.6. The molecule has 0 unspecified atom stereocenters. The summed E-state index contributed by atoms with van der Waals surface area (Å²) in [5.41, 5.74) is 1.83. The van der Waals surface area contributed by atoms with Gasteiger partial charge >= 0.3 is 0 Å². The number of hydrogen-bond donors (Lipinski definition) is 0. The van der Waals surface area contributed by atoms with Gasteiger partial charge in [-0.25, -0.2) is 0 Å². The van der Waals surface area contributed by atoms with Crippen molar-refractivity contribution in [2.24, 2.45) is 5.92 Å². The van der Waals surface area contributed by atoms with Gasteiger partial charge in [-0.3, -0.25) is 4.79 Å². The lowest BCUT2D eigenvalue weighted by atomic mass is 10.1. The van der Waals surface area contributed by atoms with Crippen LogP contribution in [0, 0.1) is 5.92 Å². The Balaban J connectivity index is 1.43. The molecule has 162 valence electrons. The summed E-state index contributed by atoms with van der Waals surface area (Å²) in [5.74, 6) is 3.42. The molecule has 1 aromatic heterocycles. The second kappa shape index (κ2) is 10.0. The predicted octanol–water partition coefficient (Wildman–Crippen LogP) is 4.81. The summed E-state index contributed by atoms with van der Waals surface area (Å²) < 4.78 is 13.5. The Morgan fingerprint density at radius 1 is 1.19 bits per heavy atom. The van der Waals surface area contributed by atoms with Crippen LogP contribution in [0.5, 0.6) is 11.5 Å². The Kier molecular flexibility index (Phi) is 6.92. The SMILES string of the molecule is CC(C)CCn1c(COc2ccccc2)nnc1SCC(=O)c1ccc2c(c1)CCO2. The third kappa shape index (κ3) is 5.47. The molecular formula is C24H27N3O3S. The summed E-state index contributed by atoms with van der Waals surface area (Å²) in [6.07, 6.45) is 1.86. The summed E-state index contributed by atoms with van der Waals surface area (Å²) in [6, 6.07) is 15.4. The number of para-hydroxylation sites is 1.